The topological polar surface area (TPSA) is 68.3 Å². The van der Waals surface area contributed by atoms with Gasteiger partial charge in [0.1, 0.15) is 13.1 Å². The zero-order chi connectivity index (χ0) is 15.3. The lowest BCUT2D eigenvalue weighted by atomic mass is 10.3. The maximum atomic E-state index is 12.1. The predicted octanol–water partition coefficient (Wildman–Crippen LogP) is -0.0942. The first kappa shape index (κ1) is 14.5. The molecule has 6 nitrogen and oxygen atoms in total. The van der Waals surface area contributed by atoms with Gasteiger partial charge in [-0.1, -0.05) is 0 Å². The van der Waals surface area contributed by atoms with Gasteiger partial charge in [-0.15, -0.1) is 0 Å². The molecule has 0 aromatic heterocycles. The molecule has 0 saturated heterocycles. The molecule has 0 radical (unpaired) electrons. The number of rotatable bonds is 3. The van der Waals surface area contributed by atoms with Crippen LogP contribution >= 0.6 is 0 Å². The average Bonchev–Trinajstić information content (AvgIpc) is 2.70. The Morgan fingerprint density at radius 1 is 0.750 bits per heavy atom. The van der Waals surface area contributed by atoms with Crippen LogP contribution in [-0.4, -0.2) is 59.8 Å². The van der Waals surface area contributed by atoms with Gasteiger partial charge in [-0.05, 0) is 13.8 Å². The summed E-state index contributed by atoms with van der Waals surface area (Å²) in [6.45, 7) is 3.44. The first-order chi connectivity index (χ1) is 9.13. The van der Waals surface area contributed by atoms with E-state index < -0.39 is 8.97 Å². The summed E-state index contributed by atoms with van der Waals surface area (Å²) < 4.78 is -0.807. The summed E-state index contributed by atoms with van der Waals surface area (Å²) in [6.07, 6.45) is 2.64. The molecule has 0 N–H and O–H groups in total. The second-order valence-corrected chi connectivity index (χ2v) is 5.77. The molecule has 0 spiro atoms. The van der Waals surface area contributed by atoms with Crippen molar-refractivity contribution in [3.63, 3.8) is 0 Å². The molecule has 6 heteroatoms. The number of carbonyl (C=O) groups is 4. The Kier molecular flexibility index (Phi) is 3.11. The standard InChI is InChI=1S/C14H18N2O4/c1-9-7-11(17)15(3,13(9)19)5-6-16(4)12(18)8-10(2)14(16)20/h7-8H,5-6H2,1-4H3/q+2. The highest BCUT2D eigenvalue weighted by Crippen LogP contribution is 2.24. The van der Waals surface area contributed by atoms with Gasteiger partial charge >= 0.3 is 23.6 Å². The van der Waals surface area contributed by atoms with E-state index in [-0.39, 0.29) is 36.7 Å². The molecule has 4 amide bonds. The van der Waals surface area contributed by atoms with Crippen molar-refractivity contribution < 1.29 is 28.1 Å². The SMILES string of the molecule is CC1=CC(=O)[N+](C)(CC[N+]2(C)C(=O)C=C(C)C2=O)C1=O. The lowest BCUT2D eigenvalue weighted by Gasteiger charge is -2.29. The van der Waals surface area contributed by atoms with E-state index in [1.165, 1.54) is 26.2 Å². The van der Waals surface area contributed by atoms with E-state index >= 15 is 0 Å². The van der Waals surface area contributed by atoms with Crippen LogP contribution in [0.4, 0.5) is 0 Å². The largest absolute Gasteiger partial charge is 0.349 e. The minimum absolute atomic E-state index is 0.126. The van der Waals surface area contributed by atoms with E-state index in [0.29, 0.717) is 11.1 Å². The van der Waals surface area contributed by atoms with Crippen LogP contribution in [0.2, 0.25) is 0 Å². The molecule has 0 bridgehead atoms. The van der Waals surface area contributed by atoms with Crippen LogP contribution in [0.1, 0.15) is 13.8 Å². The fourth-order valence-corrected chi connectivity index (χ4v) is 2.58. The monoisotopic (exact) mass is 278 g/mol. The van der Waals surface area contributed by atoms with Crippen LogP contribution < -0.4 is 0 Å². The Morgan fingerprint density at radius 3 is 1.25 bits per heavy atom. The third-order valence-electron chi connectivity index (χ3n) is 4.22. The zero-order valence-electron chi connectivity index (χ0n) is 12.1. The molecule has 0 aromatic carbocycles. The Morgan fingerprint density at radius 2 is 1.05 bits per heavy atom. The van der Waals surface area contributed by atoms with Gasteiger partial charge in [0, 0.05) is 0 Å². The van der Waals surface area contributed by atoms with Crippen LogP contribution in [0.15, 0.2) is 23.3 Å². The van der Waals surface area contributed by atoms with E-state index in [2.05, 4.69) is 0 Å². The molecule has 20 heavy (non-hydrogen) atoms. The average molecular weight is 278 g/mol. The van der Waals surface area contributed by atoms with Gasteiger partial charge in [-0.25, -0.2) is 19.2 Å². The molecular weight excluding hydrogens is 260 g/mol. The van der Waals surface area contributed by atoms with Gasteiger partial charge < -0.3 is 0 Å². The van der Waals surface area contributed by atoms with Crippen LogP contribution in [0.5, 0.6) is 0 Å². The second kappa shape index (κ2) is 4.29. The summed E-state index contributed by atoms with van der Waals surface area (Å²) in [5, 5.41) is 0. The van der Waals surface area contributed by atoms with Gasteiger partial charge in [0.25, 0.3) is 0 Å². The number of carbonyl (C=O) groups excluding carboxylic acids is 4. The number of likely N-dealkylation sites (N-methyl/N-ethyl adjacent to an activating group) is 2. The van der Waals surface area contributed by atoms with Crippen LogP contribution in [0, 0.1) is 0 Å². The Hall–Kier alpha value is -1.92. The minimum atomic E-state index is -0.403. The lowest BCUT2D eigenvalue weighted by molar-refractivity contribution is -0.810. The fourth-order valence-electron chi connectivity index (χ4n) is 2.58. The minimum Gasteiger partial charge on any atom is -0.226 e. The highest BCUT2D eigenvalue weighted by atomic mass is 16.2. The summed E-state index contributed by atoms with van der Waals surface area (Å²) >= 11 is 0. The predicted molar refractivity (Wildman–Crippen MR) is 69.6 cm³/mol. The van der Waals surface area contributed by atoms with Gasteiger partial charge in [0.15, 0.2) is 0 Å². The third-order valence-corrected chi connectivity index (χ3v) is 4.22. The van der Waals surface area contributed by atoms with Crippen LogP contribution in [0.3, 0.4) is 0 Å². The van der Waals surface area contributed by atoms with Crippen molar-refractivity contribution in [3.8, 4) is 0 Å². The summed E-state index contributed by atoms with van der Waals surface area (Å²) in [5.74, 6) is -1.15. The summed E-state index contributed by atoms with van der Waals surface area (Å²) in [7, 11) is 3.05. The van der Waals surface area contributed by atoms with E-state index in [4.69, 9.17) is 0 Å². The first-order valence-electron chi connectivity index (χ1n) is 6.39. The maximum absolute atomic E-state index is 12.1. The van der Waals surface area contributed by atoms with Crippen molar-refractivity contribution in [2.75, 3.05) is 27.2 Å². The third kappa shape index (κ3) is 1.80. The van der Waals surface area contributed by atoms with Crippen molar-refractivity contribution in [2.45, 2.75) is 13.8 Å². The Bertz CT molecular complexity index is 563. The number of hydrogen-bond donors (Lipinski definition) is 0. The lowest BCUT2D eigenvalue weighted by Crippen LogP contribution is -2.59. The van der Waals surface area contributed by atoms with Gasteiger partial charge in [0.2, 0.25) is 0 Å². The van der Waals surface area contributed by atoms with E-state index in [1.807, 2.05) is 0 Å². The summed E-state index contributed by atoms with van der Waals surface area (Å²) in [4.78, 5) is 48.0. The van der Waals surface area contributed by atoms with Gasteiger partial charge in [-0.2, -0.15) is 8.97 Å². The molecule has 0 aromatic rings. The van der Waals surface area contributed by atoms with Crippen LogP contribution in [0.25, 0.3) is 0 Å². The Labute approximate surface area is 117 Å². The van der Waals surface area contributed by atoms with Gasteiger partial charge in [-0.3, -0.25) is 0 Å². The molecule has 0 aliphatic carbocycles. The number of hydrogen-bond acceptors (Lipinski definition) is 4. The number of quaternary nitrogens is 2. The van der Waals surface area contributed by atoms with Crippen molar-refractivity contribution >= 4 is 23.6 Å². The number of nitrogens with zero attached hydrogens (tertiary/aromatic N) is 2. The Balaban J connectivity index is 2.18. The van der Waals surface area contributed by atoms with Gasteiger partial charge in [0.05, 0.1) is 37.4 Å². The summed E-state index contributed by atoms with van der Waals surface area (Å²) in [5.41, 5.74) is 0.821. The van der Waals surface area contributed by atoms with Crippen molar-refractivity contribution in [3.05, 3.63) is 23.3 Å². The molecule has 2 aliphatic rings. The zero-order valence-corrected chi connectivity index (χ0v) is 12.1. The molecule has 2 rings (SSSR count). The molecule has 2 unspecified atom stereocenters. The fraction of sp³-hybridized carbons (Fsp3) is 0.429. The number of amides is 4. The molecular formula is C14H18N2O4+2. The first-order valence-corrected chi connectivity index (χ1v) is 6.39. The normalized spacial score (nSPS) is 33.8. The molecule has 106 valence electrons. The highest BCUT2D eigenvalue weighted by molar-refractivity contribution is 6.08. The molecule has 2 heterocycles. The molecule has 2 atom stereocenters. The van der Waals surface area contributed by atoms with E-state index in [9.17, 15) is 19.2 Å². The van der Waals surface area contributed by atoms with Crippen molar-refractivity contribution in [1.82, 2.24) is 0 Å². The van der Waals surface area contributed by atoms with E-state index in [1.54, 1.807) is 13.8 Å². The quantitative estimate of drug-likeness (QED) is 0.534. The van der Waals surface area contributed by atoms with Crippen molar-refractivity contribution in [1.29, 1.82) is 0 Å². The van der Waals surface area contributed by atoms with Crippen LogP contribution in [-0.2, 0) is 19.2 Å². The molecule has 2 aliphatic heterocycles. The number of imide groups is 2. The summed E-state index contributed by atoms with van der Waals surface area (Å²) in [6, 6.07) is 0. The smallest absolute Gasteiger partial charge is 0.226 e. The maximum Gasteiger partial charge on any atom is 0.349 e. The second-order valence-electron chi connectivity index (χ2n) is 5.77. The molecule has 0 fully saturated rings. The van der Waals surface area contributed by atoms with E-state index in [0.717, 1.165) is 0 Å². The van der Waals surface area contributed by atoms with Crippen molar-refractivity contribution in [2.24, 2.45) is 0 Å². The molecule has 0 saturated carbocycles. The highest BCUT2D eigenvalue weighted by Gasteiger charge is 2.51.